The van der Waals surface area contributed by atoms with Crippen LogP contribution in [-0.4, -0.2) is 16.0 Å². The van der Waals surface area contributed by atoms with Gasteiger partial charge in [0, 0.05) is 6.07 Å². The van der Waals surface area contributed by atoms with Crippen LogP contribution in [-0.2, 0) is 0 Å². The standard InChI is InChI=1S/C13H7BrClNO5/c14-8-5-4-7(13(17)18)6-11(8)21-12-9(15)2-1-3-10(12)16(19)20/h1-6H,(H,17,18). The van der Waals surface area contributed by atoms with E-state index < -0.39 is 10.9 Å². The molecule has 2 aromatic carbocycles. The highest BCUT2D eigenvalue weighted by atomic mass is 79.9. The molecule has 108 valence electrons. The highest BCUT2D eigenvalue weighted by Gasteiger charge is 2.20. The Hall–Kier alpha value is -2.12. The summed E-state index contributed by atoms with van der Waals surface area (Å²) in [6.07, 6.45) is 0. The Morgan fingerprint density at radius 2 is 2.05 bits per heavy atom. The fourth-order valence-electron chi connectivity index (χ4n) is 1.57. The second-order valence-electron chi connectivity index (χ2n) is 3.90. The lowest BCUT2D eigenvalue weighted by atomic mass is 10.2. The van der Waals surface area contributed by atoms with E-state index in [2.05, 4.69) is 15.9 Å². The zero-order valence-corrected chi connectivity index (χ0v) is 12.6. The van der Waals surface area contributed by atoms with Gasteiger partial charge in [-0.15, -0.1) is 0 Å². The molecule has 8 heteroatoms. The van der Waals surface area contributed by atoms with Gasteiger partial charge in [0.15, 0.2) is 0 Å². The maximum Gasteiger partial charge on any atom is 0.335 e. The number of hydrogen-bond donors (Lipinski definition) is 1. The minimum atomic E-state index is -1.14. The number of hydrogen-bond acceptors (Lipinski definition) is 4. The van der Waals surface area contributed by atoms with Crippen molar-refractivity contribution in [3.05, 3.63) is 61.6 Å². The smallest absolute Gasteiger partial charge is 0.335 e. The van der Waals surface area contributed by atoms with E-state index in [1.165, 1.54) is 36.4 Å². The van der Waals surface area contributed by atoms with Crippen LogP contribution in [0.3, 0.4) is 0 Å². The number of ether oxygens (including phenoxy) is 1. The molecule has 0 atom stereocenters. The average molecular weight is 373 g/mol. The number of nitrogens with zero attached hydrogens (tertiary/aromatic N) is 1. The number of benzene rings is 2. The van der Waals surface area contributed by atoms with Crippen LogP contribution in [0.5, 0.6) is 11.5 Å². The second kappa shape index (κ2) is 6.11. The van der Waals surface area contributed by atoms with Crippen LogP contribution in [0.1, 0.15) is 10.4 Å². The van der Waals surface area contributed by atoms with E-state index in [0.29, 0.717) is 4.47 Å². The van der Waals surface area contributed by atoms with Gasteiger partial charge in [0.2, 0.25) is 5.75 Å². The predicted octanol–water partition coefficient (Wildman–Crippen LogP) is 4.50. The molecule has 0 unspecified atom stereocenters. The molecule has 2 rings (SSSR count). The van der Waals surface area contributed by atoms with Crippen molar-refractivity contribution < 1.29 is 19.6 Å². The molecule has 6 nitrogen and oxygen atoms in total. The highest BCUT2D eigenvalue weighted by molar-refractivity contribution is 9.10. The number of nitro benzene ring substituents is 1. The van der Waals surface area contributed by atoms with Gasteiger partial charge in [-0.25, -0.2) is 4.79 Å². The molecular formula is C13H7BrClNO5. The van der Waals surface area contributed by atoms with Gasteiger partial charge in [-0.1, -0.05) is 17.7 Å². The van der Waals surface area contributed by atoms with Crippen LogP contribution in [0, 0.1) is 10.1 Å². The van der Waals surface area contributed by atoms with Crippen LogP contribution in [0.25, 0.3) is 0 Å². The van der Waals surface area contributed by atoms with E-state index in [0.717, 1.165) is 0 Å². The molecule has 0 heterocycles. The lowest BCUT2D eigenvalue weighted by Gasteiger charge is -2.10. The normalized spacial score (nSPS) is 10.2. The highest BCUT2D eigenvalue weighted by Crippen LogP contribution is 2.40. The summed E-state index contributed by atoms with van der Waals surface area (Å²) in [6.45, 7) is 0. The molecule has 0 saturated carbocycles. The summed E-state index contributed by atoms with van der Waals surface area (Å²) in [4.78, 5) is 21.3. The first-order chi connectivity index (χ1) is 9.90. The molecule has 2 aromatic rings. The Morgan fingerprint density at radius 3 is 2.67 bits per heavy atom. The van der Waals surface area contributed by atoms with E-state index in [1.807, 2.05) is 0 Å². The first-order valence-electron chi connectivity index (χ1n) is 5.53. The van der Waals surface area contributed by atoms with Gasteiger partial charge in [0.05, 0.1) is 20.0 Å². The molecule has 0 aliphatic carbocycles. The minimum absolute atomic E-state index is 0.0112. The van der Waals surface area contributed by atoms with Crippen LogP contribution < -0.4 is 4.74 Å². The zero-order chi connectivity index (χ0) is 15.6. The summed E-state index contributed by atoms with van der Waals surface area (Å²) < 4.78 is 5.89. The largest absolute Gasteiger partial charge is 0.478 e. The van der Waals surface area contributed by atoms with E-state index >= 15 is 0 Å². The topological polar surface area (TPSA) is 89.7 Å². The molecule has 1 N–H and O–H groups in total. The maximum absolute atomic E-state index is 11.0. The van der Waals surface area contributed by atoms with E-state index in [-0.39, 0.29) is 27.8 Å². The number of aromatic carboxylic acids is 1. The fraction of sp³-hybridized carbons (Fsp3) is 0. The molecule has 0 spiro atoms. The summed E-state index contributed by atoms with van der Waals surface area (Å²) in [5.74, 6) is -1.17. The van der Waals surface area contributed by atoms with Gasteiger partial charge < -0.3 is 9.84 Å². The third-order valence-corrected chi connectivity index (χ3v) is 3.49. The molecule has 0 aliphatic rings. The van der Waals surface area contributed by atoms with Crippen LogP contribution in [0.15, 0.2) is 40.9 Å². The summed E-state index contributed by atoms with van der Waals surface area (Å²) in [7, 11) is 0. The molecule has 0 amide bonds. The lowest BCUT2D eigenvalue weighted by Crippen LogP contribution is -1.98. The summed E-state index contributed by atoms with van der Waals surface area (Å²) >= 11 is 9.11. The van der Waals surface area contributed by atoms with Crippen LogP contribution >= 0.6 is 27.5 Å². The average Bonchev–Trinajstić information content (AvgIpc) is 2.42. The number of halogens is 2. The van der Waals surface area contributed by atoms with Crippen molar-refractivity contribution in [1.29, 1.82) is 0 Å². The number of carboxylic acids is 1. The van der Waals surface area contributed by atoms with Gasteiger partial charge in [0.25, 0.3) is 0 Å². The summed E-state index contributed by atoms with van der Waals surface area (Å²) in [5, 5.41) is 20.0. The molecule has 0 aromatic heterocycles. The lowest BCUT2D eigenvalue weighted by molar-refractivity contribution is -0.385. The SMILES string of the molecule is O=C(O)c1ccc(Br)c(Oc2c(Cl)cccc2[N+](=O)[O-])c1. The van der Waals surface area contributed by atoms with Gasteiger partial charge in [-0.2, -0.15) is 0 Å². The Balaban J connectivity index is 2.50. The van der Waals surface area contributed by atoms with Crippen molar-refractivity contribution >= 4 is 39.2 Å². The Kier molecular flexibility index (Phi) is 4.44. The first kappa shape index (κ1) is 15.3. The Bertz CT molecular complexity index is 734. The monoisotopic (exact) mass is 371 g/mol. The van der Waals surface area contributed by atoms with Crippen LogP contribution in [0.2, 0.25) is 5.02 Å². The van der Waals surface area contributed by atoms with Crippen molar-refractivity contribution in [3.63, 3.8) is 0 Å². The Morgan fingerprint density at radius 1 is 1.33 bits per heavy atom. The van der Waals surface area contributed by atoms with Crippen LogP contribution in [0.4, 0.5) is 5.69 Å². The van der Waals surface area contributed by atoms with E-state index in [9.17, 15) is 14.9 Å². The molecule has 0 fully saturated rings. The summed E-state index contributed by atoms with van der Waals surface area (Å²) in [5.41, 5.74) is -0.321. The number of rotatable bonds is 4. The Labute approximate surface area is 132 Å². The third kappa shape index (κ3) is 3.32. The van der Waals surface area contributed by atoms with Crippen molar-refractivity contribution in [2.45, 2.75) is 0 Å². The molecule has 0 aliphatic heterocycles. The molecule has 0 radical (unpaired) electrons. The second-order valence-corrected chi connectivity index (χ2v) is 5.16. The maximum atomic E-state index is 11.0. The van der Waals surface area contributed by atoms with Crippen molar-refractivity contribution in [2.75, 3.05) is 0 Å². The molecular weight excluding hydrogens is 366 g/mol. The van der Waals surface area contributed by atoms with Gasteiger partial charge in [0.1, 0.15) is 5.75 Å². The first-order valence-corrected chi connectivity index (χ1v) is 6.71. The molecule has 0 bridgehead atoms. The van der Waals surface area contributed by atoms with E-state index in [1.54, 1.807) is 0 Å². The van der Waals surface area contributed by atoms with Crippen molar-refractivity contribution in [3.8, 4) is 11.5 Å². The predicted molar refractivity (Wildman–Crippen MR) is 79.3 cm³/mol. The molecule has 0 saturated heterocycles. The number of carbonyl (C=O) groups is 1. The van der Waals surface area contributed by atoms with Gasteiger partial charge in [-0.3, -0.25) is 10.1 Å². The minimum Gasteiger partial charge on any atom is -0.478 e. The molecule has 21 heavy (non-hydrogen) atoms. The third-order valence-electron chi connectivity index (χ3n) is 2.53. The van der Waals surface area contributed by atoms with Crippen molar-refractivity contribution in [2.24, 2.45) is 0 Å². The van der Waals surface area contributed by atoms with E-state index in [4.69, 9.17) is 21.4 Å². The quantitative estimate of drug-likeness (QED) is 0.630. The zero-order valence-electron chi connectivity index (χ0n) is 10.2. The number of para-hydroxylation sites is 1. The number of carboxylic acid groups (broad SMARTS) is 1. The van der Waals surface area contributed by atoms with Crippen molar-refractivity contribution in [1.82, 2.24) is 0 Å². The number of nitro groups is 1. The fourth-order valence-corrected chi connectivity index (χ4v) is 2.10. The van der Waals surface area contributed by atoms with Gasteiger partial charge in [-0.05, 0) is 40.2 Å². The van der Waals surface area contributed by atoms with Gasteiger partial charge >= 0.3 is 11.7 Å². The summed E-state index contributed by atoms with van der Waals surface area (Å²) in [6, 6.07) is 8.21.